The van der Waals surface area contributed by atoms with Gasteiger partial charge in [-0.3, -0.25) is 4.68 Å². The van der Waals surface area contributed by atoms with Gasteiger partial charge in [0.15, 0.2) is 0 Å². The molecule has 1 aromatic carbocycles. The van der Waals surface area contributed by atoms with Crippen LogP contribution in [-0.2, 0) is 7.05 Å². The summed E-state index contributed by atoms with van der Waals surface area (Å²) in [5.74, 6) is 0.529. The Morgan fingerprint density at radius 1 is 1.08 bits per heavy atom. The molecule has 0 spiro atoms. The highest BCUT2D eigenvalue weighted by Gasteiger charge is 2.12. The average Bonchev–Trinajstić information content (AvgIpc) is 2.95. The highest BCUT2D eigenvalue weighted by atomic mass is 79.9. The van der Waals surface area contributed by atoms with Gasteiger partial charge in [0.25, 0.3) is 0 Å². The van der Waals surface area contributed by atoms with Gasteiger partial charge in [0.05, 0.1) is 16.2 Å². The molecule has 123 valence electrons. The Morgan fingerprint density at radius 2 is 1.75 bits per heavy atom. The predicted molar refractivity (Wildman–Crippen MR) is 92.9 cm³/mol. The maximum Gasteiger partial charge on any atom is 0.316 e. The maximum atomic E-state index is 5.74. The first kappa shape index (κ1) is 16.4. The Balaban J connectivity index is 1.61. The van der Waals surface area contributed by atoms with Crippen LogP contribution >= 0.6 is 15.9 Å². The van der Waals surface area contributed by atoms with Gasteiger partial charge in [-0.15, -0.1) is 5.10 Å². The number of aromatic nitrogens is 4. The zero-order chi connectivity index (χ0) is 16.9. The number of ether oxygens (including phenoxy) is 2. The van der Waals surface area contributed by atoms with E-state index in [2.05, 4.69) is 44.1 Å². The summed E-state index contributed by atoms with van der Waals surface area (Å²) in [5.41, 5.74) is 3.05. The van der Waals surface area contributed by atoms with Crippen molar-refractivity contribution in [2.75, 3.05) is 13.2 Å². The largest absolute Gasteiger partial charge is 0.473 e. The molecule has 0 saturated carbocycles. The van der Waals surface area contributed by atoms with Crippen LogP contribution in [0.3, 0.4) is 0 Å². The van der Waals surface area contributed by atoms with Gasteiger partial charge in [0, 0.05) is 19.4 Å². The van der Waals surface area contributed by atoms with Gasteiger partial charge in [-0.05, 0) is 28.4 Å². The van der Waals surface area contributed by atoms with Crippen molar-refractivity contribution in [3.63, 3.8) is 0 Å². The molecule has 3 rings (SSSR count). The van der Waals surface area contributed by atoms with E-state index in [-0.39, 0.29) is 0 Å². The summed E-state index contributed by atoms with van der Waals surface area (Å²) in [7, 11) is 1.82. The van der Waals surface area contributed by atoms with Crippen LogP contribution in [0.4, 0.5) is 0 Å². The van der Waals surface area contributed by atoms with E-state index >= 15 is 0 Å². The van der Waals surface area contributed by atoms with Gasteiger partial charge in [-0.2, -0.15) is 0 Å². The fraction of sp³-hybridized carbons (Fsp3) is 0.235. The standard InChI is InChI=1S/C17H16BrN4O2/c1-12-3-5-13(6-4-12)15-11-22(2)21-16(15)23-7-8-24-17-19-9-14(18)10-20-17/h3-6,9-10H,7-8H2,1-2H3. The number of benzene rings is 1. The normalized spacial score (nSPS) is 10.6. The van der Waals surface area contributed by atoms with Crippen molar-refractivity contribution in [1.82, 2.24) is 19.7 Å². The summed E-state index contributed by atoms with van der Waals surface area (Å²) >= 11 is 3.28. The third kappa shape index (κ3) is 4.11. The summed E-state index contributed by atoms with van der Waals surface area (Å²) in [4.78, 5) is 8.08. The van der Waals surface area contributed by atoms with E-state index < -0.39 is 0 Å². The van der Waals surface area contributed by atoms with E-state index in [1.807, 2.05) is 31.3 Å². The molecular formula is C17H16BrN4O2. The fourth-order valence-corrected chi connectivity index (χ4v) is 2.28. The second-order valence-electron chi connectivity index (χ2n) is 5.16. The molecule has 2 heterocycles. The van der Waals surface area contributed by atoms with Crippen LogP contribution in [0, 0.1) is 13.1 Å². The molecule has 0 aliphatic carbocycles. The Hall–Kier alpha value is -2.41. The molecule has 0 saturated heterocycles. The number of halogens is 1. The minimum Gasteiger partial charge on any atom is -0.473 e. The van der Waals surface area contributed by atoms with Crippen LogP contribution < -0.4 is 9.47 Å². The van der Waals surface area contributed by atoms with E-state index in [9.17, 15) is 0 Å². The van der Waals surface area contributed by atoms with Crippen LogP contribution in [0.1, 0.15) is 5.56 Å². The molecule has 6 nitrogen and oxygen atoms in total. The molecule has 1 radical (unpaired) electrons. The van der Waals surface area contributed by atoms with Crippen molar-refractivity contribution < 1.29 is 9.47 Å². The van der Waals surface area contributed by atoms with Crippen molar-refractivity contribution >= 4 is 15.9 Å². The summed E-state index contributed by atoms with van der Waals surface area (Å²) in [6.45, 7) is 2.71. The topological polar surface area (TPSA) is 62.1 Å². The quantitative estimate of drug-likeness (QED) is 0.607. The SMILES string of the molecule is Cc1ccc(-c2[c]n(C)nc2OCCOc2ncc(Br)cn2)cc1. The minimum atomic E-state index is 0.313. The van der Waals surface area contributed by atoms with Gasteiger partial charge in [0.2, 0.25) is 5.88 Å². The lowest BCUT2D eigenvalue weighted by Crippen LogP contribution is -2.11. The number of hydrogen-bond acceptors (Lipinski definition) is 5. The molecule has 7 heteroatoms. The summed E-state index contributed by atoms with van der Waals surface area (Å²) in [5, 5.41) is 4.31. The van der Waals surface area contributed by atoms with Crippen LogP contribution in [0.25, 0.3) is 11.1 Å². The molecule has 24 heavy (non-hydrogen) atoms. The molecule has 0 bridgehead atoms. The summed E-state index contributed by atoms with van der Waals surface area (Å²) < 4.78 is 13.6. The maximum absolute atomic E-state index is 5.74. The van der Waals surface area contributed by atoms with E-state index in [1.54, 1.807) is 17.1 Å². The van der Waals surface area contributed by atoms with Crippen LogP contribution in [0.5, 0.6) is 11.9 Å². The lowest BCUT2D eigenvalue weighted by molar-refractivity contribution is 0.201. The second-order valence-corrected chi connectivity index (χ2v) is 6.08. The Kier molecular flexibility index (Phi) is 5.10. The molecule has 0 amide bonds. The predicted octanol–water partition coefficient (Wildman–Crippen LogP) is 3.21. The Labute approximate surface area is 148 Å². The highest BCUT2D eigenvalue weighted by Crippen LogP contribution is 2.28. The van der Waals surface area contributed by atoms with Crippen LogP contribution in [0.15, 0.2) is 41.1 Å². The first-order valence-corrected chi connectivity index (χ1v) is 8.17. The fourth-order valence-electron chi connectivity index (χ4n) is 2.08. The number of rotatable bonds is 6. The second kappa shape index (κ2) is 7.44. The molecule has 0 atom stereocenters. The van der Waals surface area contributed by atoms with Crippen molar-refractivity contribution in [3.05, 3.63) is 52.9 Å². The summed E-state index contributed by atoms with van der Waals surface area (Å²) in [6, 6.07) is 8.47. The molecule has 0 aliphatic rings. The van der Waals surface area contributed by atoms with Gasteiger partial charge < -0.3 is 9.47 Å². The Morgan fingerprint density at radius 3 is 2.46 bits per heavy atom. The number of nitrogens with zero attached hydrogens (tertiary/aromatic N) is 4. The van der Waals surface area contributed by atoms with Gasteiger partial charge in [-0.1, -0.05) is 29.8 Å². The van der Waals surface area contributed by atoms with Crippen molar-refractivity contribution in [2.24, 2.45) is 7.05 Å². The first-order chi connectivity index (χ1) is 11.6. The van der Waals surface area contributed by atoms with E-state index in [1.165, 1.54) is 5.56 Å². The molecule has 3 aromatic rings. The van der Waals surface area contributed by atoms with Crippen molar-refractivity contribution in [2.45, 2.75) is 6.92 Å². The van der Waals surface area contributed by atoms with E-state index in [0.717, 1.165) is 15.6 Å². The molecule has 0 aliphatic heterocycles. The van der Waals surface area contributed by atoms with Crippen molar-refractivity contribution in [1.29, 1.82) is 0 Å². The first-order valence-electron chi connectivity index (χ1n) is 7.38. The van der Waals surface area contributed by atoms with Crippen molar-refractivity contribution in [3.8, 4) is 23.0 Å². The van der Waals surface area contributed by atoms with Gasteiger partial charge >= 0.3 is 6.01 Å². The number of hydrogen-bond donors (Lipinski definition) is 0. The Bertz CT molecular complexity index is 800. The third-order valence-corrected chi connectivity index (χ3v) is 3.63. The summed E-state index contributed by atoms with van der Waals surface area (Å²) in [6.07, 6.45) is 6.42. The van der Waals surface area contributed by atoms with Gasteiger partial charge in [0.1, 0.15) is 13.2 Å². The zero-order valence-electron chi connectivity index (χ0n) is 13.4. The smallest absolute Gasteiger partial charge is 0.316 e. The van der Waals surface area contributed by atoms with Gasteiger partial charge in [-0.25, -0.2) is 9.97 Å². The zero-order valence-corrected chi connectivity index (χ0v) is 14.9. The van der Waals surface area contributed by atoms with Crippen LogP contribution in [-0.4, -0.2) is 33.0 Å². The number of aryl methyl sites for hydroxylation is 2. The van der Waals surface area contributed by atoms with E-state index in [4.69, 9.17) is 9.47 Å². The highest BCUT2D eigenvalue weighted by molar-refractivity contribution is 9.10. The molecule has 0 N–H and O–H groups in total. The third-order valence-electron chi connectivity index (χ3n) is 3.22. The van der Waals surface area contributed by atoms with Crippen LogP contribution in [0.2, 0.25) is 0 Å². The molecule has 0 fully saturated rings. The minimum absolute atomic E-state index is 0.313. The molecular weight excluding hydrogens is 372 g/mol. The lowest BCUT2D eigenvalue weighted by Gasteiger charge is -2.07. The monoisotopic (exact) mass is 387 g/mol. The van der Waals surface area contributed by atoms with E-state index in [0.29, 0.717) is 25.1 Å². The molecule has 2 aromatic heterocycles. The molecule has 0 unspecified atom stereocenters. The lowest BCUT2D eigenvalue weighted by atomic mass is 10.1. The average molecular weight is 388 g/mol.